The first-order valence-corrected chi connectivity index (χ1v) is 7.00. The van der Waals surface area contributed by atoms with Gasteiger partial charge >= 0.3 is 6.09 Å². The molecule has 1 atom stereocenters. The van der Waals surface area contributed by atoms with Gasteiger partial charge in [-0.15, -0.1) is 0 Å². The zero-order valence-electron chi connectivity index (χ0n) is 13.4. The van der Waals surface area contributed by atoms with Gasteiger partial charge in [0.25, 0.3) is 0 Å². The van der Waals surface area contributed by atoms with E-state index in [1.807, 2.05) is 52.0 Å². The molecule has 0 aliphatic carbocycles. The van der Waals surface area contributed by atoms with E-state index in [4.69, 9.17) is 14.2 Å². The molecule has 118 valence electrons. The monoisotopic (exact) mass is 295 g/mol. The fourth-order valence-electron chi connectivity index (χ4n) is 1.67. The molecule has 1 N–H and O–H groups in total. The van der Waals surface area contributed by atoms with Crippen LogP contribution in [-0.2, 0) is 16.1 Å². The zero-order valence-corrected chi connectivity index (χ0v) is 13.4. The van der Waals surface area contributed by atoms with Gasteiger partial charge in [-0.1, -0.05) is 12.1 Å². The topological polar surface area (TPSA) is 56.8 Å². The van der Waals surface area contributed by atoms with Crippen LogP contribution in [-0.4, -0.2) is 31.5 Å². The van der Waals surface area contributed by atoms with Crippen molar-refractivity contribution in [2.24, 2.45) is 0 Å². The SMILES string of the molecule is COc1cccc(COC[C@@H](C)NC(=O)OC(C)(C)C)c1. The van der Waals surface area contributed by atoms with Crippen molar-refractivity contribution < 1.29 is 19.0 Å². The maximum Gasteiger partial charge on any atom is 0.407 e. The second kappa shape index (κ2) is 7.88. The molecule has 1 aromatic rings. The summed E-state index contributed by atoms with van der Waals surface area (Å²) in [6, 6.07) is 7.57. The van der Waals surface area contributed by atoms with Gasteiger partial charge in [0, 0.05) is 0 Å². The van der Waals surface area contributed by atoms with Crippen molar-refractivity contribution in [1.29, 1.82) is 0 Å². The van der Waals surface area contributed by atoms with Gasteiger partial charge in [0.05, 0.1) is 26.4 Å². The smallest absolute Gasteiger partial charge is 0.407 e. The summed E-state index contributed by atoms with van der Waals surface area (Å²) in [5.41, 5.74) is 0.532. The molecule has 1 aromatic carbocycles. The number of rotatable bonds is 6. The summed E-state index contributed by atoms with van der Waals surface area (Å²) in [7, 11) is 1.63. The number of alkyl carbamates (subject to hydrolysis) is 1. The van der Waals surface area contributed by atoms with Gasteiger partial charge in [-0.25, -0.2) is 4.79 Å². The Bertz CT molecular complexity index is 454. The van der Waals surface area contributed by atoms with E-state index in [0.717, 1.165) is 11.3 Å². The molecule has 0 spiro atoms. The third-order valence-electron chi connectivity index (χ3n) is 2.53. The van der Waals surface area contributed by atoms with Crippen LogP contribution in [0.15, 0.2) is 24.3 Å². The van der Waals surface area contributed by atoms with Crippen LogP contribution in [0.2, 0.25) is 0 Å². The van der Waals surface area contributed by atoms with Crippen molar-refractivity contribution in [2.45, 2.75) is 45.9 Å². The van der Waals surface area contributed by atoms with Crippen LogP contribution in [0.5, 0.6) is 5.75 Å². The van der Waals surface area contributed by atoms with Gasteiger partial charge in [-0.3, -0.25) is 0 Å². The van der Waals surface area contributed by atoms with Crippen LogP contribution in [0.25, 0.3) is 0 Å². The van der Waals surface area contributed by atoms with Crippen LogP contribution in [0, 0.1) is 0 Å². The molecule has 1 amide bonds. The maximum absolute atomic E-state index is 11.6. The Hall–Kier alpha value is -1.75. The Morgan fingerprint density at radius 2 is 2.05 bits per heavy atom. The minimum atomic E-state index is -0.495. The van der Waals surface area contributed by atoms with Crippen molar-refractivity contribution in [1.82, 2.24) is 5.32 Å². The standard InChI is InChI=1S/C16H25NO4/c1-12(17-15(18)21-16(2,3)4)10-20-11-13-7-6-8-14(9-13)19-5/h6-9,12H,10-11H2,1-5H3,(H,17,18)/t12-/m1/s1. The number of benzene rings is 1. The highest BCUT2D eigenvalue weighted by Crippen LogP contribution is 2.13. The molecule has 0 unspecified atom stereocenters. The molecule has 21 heavy (non-hydrogen) atoms. The second-order valence-electron chi connectivity index (χ2n) is 5.91. The molecule has 0 bridgehead atoms. The molecule has 0 aromatic heterocycles. The number of carbonyl (C=O) groups is 1. The van der Waals surface area contributed by atoms with E-state index < -0.39 is 11.7 Å². The predicted octanol–water partition coefficient (Wildman–Crippen LogP) is 3.13. The average molecular weight is 295 g/mol. The highest BCUT2D eigenvalue weighted by atomic mass is 16.6. The molecular formula is C16H25NO4. The lowest BCUT2D eigenvalue weighted by atomic mass is 10.2. The normalized spacial score (nSPS) is 12.6. The van der Waals surface area contributed by atoms with E-state index >= 15 is 0 Å². The molecule has 0 fully saturated rings. The van der Waals surface area contributed by atoms with Crippen molar-refractivity contribution in [3.05, 3.63) is 29.8 Å². The van der Waals surface area contributed by atoms with Crippen LogP contribution in [0.1, 0.15) is 33.3 Å². The van der Waals surface area contributed by atoms with Crippen molar-refractivity contribution in [3.63, 3.8) is 0 Å². The van der Waals surface area contributed by atoms with Gasteiger partial charge < -0.3 is 19.5 Å². The fourth-order valence-corrected chi connectivity index (χ4v) is 1.67. The van der Waals surface area contributed by atoms with Gasteiger partial charge in [-0.2, -0.15) is 0 Å². The second-order valence-corrected chi connectivity index (χ2v) is 5.91. The van der Waals surface area contributed by atoms with E-state index in [9.17, 15) is 4.79 Å². The third kappa shape index (κ3) is 7.56. The Morgan fingerprint density at radius 1 is 1.33 bits per heavy atom. The molecule has 0 aliphatic heterocycles. The molecule has 5 nitrogen and oxygen atoms in total. The fraction of sp³-hybridized carbons (Fsp3) is 0.562. The predicted molar refractivity (Wildman–Crippen MR) is 81.5 cm³/mol. The van der Waals surface area contributed by atoms with Gasteiger partial charge in [-0.05, 0) is 45.4 Å². The summed E-state index contributed by atoms with van der Waals surface area (Å²) in [6.07, 6.45) is -0.431. The minimum absolute atomic E-state index is 0.120. The number of ether oxygens (including phenoxy) is 3. The van der Waals surface area contributed by atoms with Crippen molar-refractivity contribution in [2.75, 3.05) is 13.7 Å². The molecule has 0 saturated heterocycles. The van der Waals surface area contributed by atoms with Crippen molar-refractivity contribution >= 4 is 6.09 Å². The van der Waals surface area contributed by atoms with E-state index in [1.165, 1.54) is 0 Å². The van der Waals surface area contributed by atoms with Gasteiger partial charge in [0.2, 0.25) is 0 Å². The summed E-state index contributed by atoms with van der Waals surface area (Å²) >= 11 is 0. The lowest BCUT2D eigenvalue weighted by molar-refractivity contribution is 0.0442. The summed E-state index contributed by atoms with van der Waals surface area (Å²) < 4.78 is 15.9. The minimum Gasteiger partial charge on any atom is -0.497 e. The summed E-state index contributed by atoms with van der Waals surface area (Å²) in [6.45, 7) is 8.24. The largest absolute Gasteiger partial charge is 0.497 e. The Labute approximate surface area is 126 Å². The van der Waals surface area contributed by atoms with Crippen molar-refractivity contribution in [3.8, 4) is 5.75 Å². The summed E-state index contributed by atoms with van der Waals surface area (Å²) in [5, 5.41) is 2.73. The maximum atomic E-state index is 11.6. The molecule has 0 radical (unpaired) electrons. The van der Waals surface area contributed by atoms with Gasteiger partial charge in [0.1, 0.15) is 11.4 Å². The van der Waals surface area contributed by atoms with Crippen LogP contribution < -0.4 is 10.1 Å². The molecule has 0 heterocycles. The Morgan fingerprint density at radius 3 is 2.67 bits per heavy atom. The number of methoxy groups -OCH3 is 1. The number of hydrogen-bond donors (Lipinski definition) is 1. The summed E-state index contributed by atoms with van der Waals surface area (Å²) in [5.74, 6) is 0.802. The average Bonchev–Trinajstić information content (AvgIpc) is 2.36. The lowest BCUT2D eigenvalue weighted by Gasteiger charge is -2.22. The lowest BCUT2D eigenvalue weighted by Crippen LogP contribution is -2.39. The first-order valence-electron chi connectivity index (χ1n) is 7.00. The highest BCUT2D eigenvalue weighted by Gasteiger charge is 2.17. The molecule has 0 aliphatic rings. The van der Waals surface area contributed by atoms with Crippen LogP contribution >= 0.6 is 0 Å². The third-order valence-corrected chi connectivity index (χ3v) is 2.53. The molecule has 5 heteroatoms. The zero-order chi connectivity index (χ0) is 15.9. The first-order chi connectivity index (χ1) is 9.80. The van der Waals surface area contributed by atoms with E-state index in [1.54, 1.807) is 7.11 Å². The van der Waals surface area contributed by atoms with Gasteiger partial charge in [0.15, 0.2) is 0 Å². The number of nitrogens with one attached hydrogen (secondary N) is 1. The van der Waals surface area contributed by atoms with Crippen LogP contribution in [0.3, 0.4) is 0 Å². The molecule has 0 saturated carbocycles. The first kappa shape index (κ1) is 17.3. The number of hydrogen-bond acceptors (Lipinski definition) is 4. The van der Waals surface area contributed by atoms with Crippen LogP contribution in [0.4, 0.5) is 4.79 Å². The molecule has 1 rings (SSSR count). The van der Waals surface area contributed by atoms with E-state index in [0.29, 0.717) is 13.2 Å². The Kier molecular flexibility index (Phi) is 6.49. The summed E-state index contributed by atoms with van der Waals surface area (Å²) in [4.78, 5) is 11.6. The molecular weight excluding hydrogens is 270 g/mol. The van der Waals surface area contributed by atoms with E-state index in [-0.39, 0.29) is 6.04 Å². The quantitative estimate of drug-likeness (QED) is 0.876. The highest BCUT2D eigenvalue weighted by molar-refractivity contribution is 5.68. The number of amides is 1. The Balaban J connectivity index is 2.30. The van der Waals surface area contributed by atoms with E-state index in [2.05, 4.69) is 5.32 Å². The number of carbonyl (C=O) groups excluding carboxylic acids is 1.